The molecule has 196 valence electrons. The average molecular weight is 529 g/mol. The number of carbonyl (C=O) groups is 1. The molecule has 1 amide bonds. The molecular formula is C29H31F3N2O2S. The molecule has 0 saturated carbocycles. The van der Waals surface area contributed by atoms with E-state index in [0.29, 0.717) is 31.6 Å². The van der Waals surface area contributed by atoms with Crippen molar-refractivity contribution in [3.8, 4) is 5.75 Å². The number of nitrogens with one attached hydrogen (secondary N) is 1. The summed E-state index contributed by atoms with van der Waals surface area (Å²) in [4.78, 5) is 15.3. The number of hydrogen-bond donors (Lipinski definition) is 1. The van der Waals surface area contributed by atoms with Crippen molar-refractivity contribution in [2.45, 2.75) is 43.3 Å². The number of amides is 1. The Balaban J connectivity index is 1.21. The Hall–Kier alpha value is -2.97. The number of benzene rings is 3. The number of rotatable bonds is 12. The van der Waals surface area contributed by atoms with E-state index in [4.69, 9.17) is 4.74 Å². The minimum Gasteiger partial charge on any atom is -0.493 e. The maximum absolute atomic E-state index is 13.7. The molecule has 1 aliphatic rings. The number of ether oxygens (including phenoxy) is 1. The molecule has 1 heterocycles. The second-order valence-corrected chi connectivity index (χ2v) is 10.1. The van der Waals surface area contributed by atoms with Gasteiger partial charge in [0.2, 0.25) is 5.91 Å². The Bertz CT molecular complexity index is 1140. The van der Waals surface area contributed by atoms with Gasteiger partial charge in [-0.25, -0.2) is 0 Å². The fraction of sp³-hybridized carbons (Fsp3) is 0.345. The van der Waals surface area contributed by atoms with Gasteiger partial charge in [-0.3, -0.25) is 14.4 Å². The molecule has 3 aromatic carbocycles. The number of hydrogen-bond acceptors (Lipinski definition) is 4. The van der Waals surface area contributed by atoms with Crippen LogP contribution in [0.2, 0.25) is 0 Å². The van der Waals surface area contributed by atoms with Crippen LogP contribution in [0.15, 0.2) is 83.8 Å². The van der Waals surface area contributed by atoms with Crippen molar-refractivity contribution >= 4 is 17.9 Å². The van der Waals surface area contributed by atoms with Crippen LogP contribution in [-0.4, -0.2) is 30.5 Å². The summed E-state index contributed by atoms with van der Waals surface area (Å²) in [5.41, 5.74) is 1.07. The van der Waals surface area contributed by atoms with Gasteiger partial charge >= 0.3 is 6.18 Å². The minimum absolute atomic E-state index is 0.0615. The Morgan fingerprint density at radius 2 is 1.62 bits per heavy atom. The van der Waals surface area contributed by atoms with E-state index >= 15 is 0 Å². The predicted molar refractivity (Wildman–Crippen MR) is 140 cm³/mol. The van der Waals surface area contributed by atoms with E-state index in [1.807, 2.05) is 53.4 Å². The van der Waals surface area contributed by atoms with Crippen molar-refractivity contribution in [2.24, 2.45) is 5.92 Å². The van der Waals surface area contributed by atoms with Gasteiger partial charge in [-0.05, 0) is 73.0 Å². The van der Waals surface area contributed by atoms with Crippen LogP contribution >= 0.6 is 11.9 Å². The molecule has 1 aliphatic heterocycles. The lowest BCUT2D eigenvalue weighted by Crippen LogP contribution is -2.52. The molecule has 4 nitrogen and oxygen atoms in total. The molecular weight excluding hydrogens is 497 g/mol. The average Bonchev–Trinajstić information content (AvgIpc) is 2.87. The van der Waals surface area contributed by atoms with Crippen molar-refractivity contribution in [3.63, 3.8) is 0 Å². The molecule has 0 aliphatic carbocycles. The van der Waals surface area contributed by atoms with Gasteiger partial charge in [-0.2, -0.15) is 13.2 Å². The van der Waals surface area contributed by atoms with E-state index in [1.54, 1.807) is 6.07 Å². The number of carbonyl (C=O) groups excluding carboxylic acids is 1. The number of halogens is 3. The van der Waals surface area contributed by atoms with E-state index in [0.717, 1.165) is 24.2 Å². The molecule has 1 N–H and O–H groups in total. The highest BCUT2D eigenvalue weighted by Gasteiger charge is 2.36. The SMILES string of the molecule is O=C(NSc1ccccc1)C1CN(Cc2ccc(OCCCCCc3ccccc3)c(C(F)(F)F)c2)C1. The van der Waals surface area contributed by atoms with Crippen LogP contribution < -0.4 is 9.46 Å². The van der Waals surface area contributed by atoms with E-state index in [9.17, 15) is 18.0 Å². The van der Waals surface area contributed by atoms with Crippen molar-refractivity contribution < 1.29 is 22.7 Å². The summed E-state index contributed by atoms with van der Waals surface area (Å²) in [7, 11) is 0. The van der Waals surface area contributed by atoms with Gasteiger partial charge in [0.15, 0.2) is 0 Å². The van der Waals surface area contributed by atoms with Crippen LogP contribution in [0.4, 0.5) is 13.2 Å². The third-order valence-corrected chi connectivity index (χ3v) is 7.12. The van der Waals surface area contributed by atoms with Crippen molar-refractivity contribution in [1.29, 1.82) is 0 Å². The van der Waals surface area contributed by atoms with Crippen LogP contribution in [0.5, 0.6) is 5.75 Å². The van der Waals surface area contributed by atoms with Crippen molar-refractivity contribution in [3.05, 3.63) is 95.6 Å². The summed E-state index contributed by atoms with van der Waals surface area (Å²) in [6.45, 7) is 1.65. The third-order valence-electron chi connectivity index (χ3n) is 6.31. The monoisotopic (exact) mass is 528 g/mol. The zero-order chi connectivity index (χ0) is 26.1. The fourth-order valence-electron chi connectivity index (χ4n) is 4.26. The van der Waals surface area contributed by atoms with Gasteiger partial charge in [0.1, 0.15) is 5.75 Å². The van der Waals surface area contributed by atoms with Gasteiger partial charge in [0.05, 0.1) is 18.1 Å². The van der Waals surface area contributed by atoms with Crippen molar-refractivity contribution in [2.75, 3.05) is 19.7 Å². The Morgan fingerprint density at radius 3 is 2.32 bits per heavy atom. The molecule has 0 bridgehead atoms. The van der Waals surface area contributed by atoms with E-state index < -0.39 is 11.7 Å². The molecule has 1 saturated heterocycles. The van der Waals surface area contributed by atoms with E-state index in [2.05, 4.69) is 16.9 Å². The summed E-state index contributed by atoms with van der Waals surface area (Å²) < 4.78 is 49.6. The van der Waals surface area contributed by atoms with Crippen LogP contribution in [0.3, 0.4) is 0 Å². The highest BCUT2D eigenvalue weighted by molar-refractivity contribution is 7.98. The predicted octanol–water partition coefficient (Wildman–Crippen LogP) is 6.75. The van der Waals surface area contributed by atoms with Crippen LogP contribution in [-0.2, 0) is 23.9 Å². The standard InChI is InChI=1S/C29H31F3N2O2S/c30-29(31,32)26-18-23(15-16-27(26)36-17-9-3-6-12-22-10-4-1-5-11-22)19-34-20-24(21-34)28(35)33-37-25-13-7-2-8-14-25/h1-2,4-5,7-8,10-11,13-16,18,24H,3,6,9,12,17,19-21H2,(H,33,35). The molecule has 37 heavy (non-hydrogen) atoms. The van der Waals surface area contributed by atoms with Gasteiger partial charge < -0.3 is 4.74 Å². The topological polar surface area (TPSA) is 41.6 Å². The lowest BCUT2D eigenvalue weighted by atomic mass is 9.98. The van der Waals surface area contributed by atoms with Crippen LogP contribution in [0, 0.1) is 5.92 Å². The number of alkyl halides is 3. The Kier molecular flexibility index (Phi) is 9.52. The molecule has 1 fully saturated rings. The number of likely N-dealkylation sites (tertiary alicyclic amines) is 1. The first kappa shape index (κ1) is 27.1. The zero-order valence-electron chi connectivity index (χ0n) is 20.5. The Morgan fingerprint density at radius 1 is 0.919 bits per heavy atom. The second-order valence-electron chi connectivity index (χ2n) is 9.25. The first-order valence-corrected chi connectivity index (χ1v) is 13.3. The highest BCUT2D eigenvalue weighted by atomic mass is 32.2. The summed E-state index contributed by atoms with van der Waals surface area (Å²) in [5.74, 6) is -0.352. The second kappa shape index (κ2) is 13.0. The molecule has 8 heteroatoms. The number of aryl methyl sites for hydroxylation is 1. The molecule has 0 atom stereocenters. The minimum atomic E-state index is -4.50. The van der Waals surface area contributed by atoms with E-state index in [-0.39, 0.29) is 24.2 Å². The van der Waals surface area contributed by atoms with E-state index in [1.165, 1.54) is 29.6 Å². The van der Waals surface area contributed by atoms with Crippen LogP contribution in [0.1, 0.15) is 36.0 Å². The molecule has 0 spiro atoms. The lowest BCUT2D eigenvalue weighted by molar-refractivity contribution is -0.139. The smallest absolute Gasteiger partial charge is 0.419 e. The van der Waals surface area contributed by atoms with Crippen LogP contribution in [0.25, 0.3) is 0 Å². The fourth-order valence-corrected chi connectivity index (χ4v) is 4.94. The summed E-state index contributed by atoms with van der Waals surface area (Å²) in [6.07, 6.45) is -0.981. The van der Waals surface area contributed by atoms with Gasteiger partial charge in [0, 0.05) is 24.5 Å². The maximum atomic E-state index is 13.7. The van der Waals surface area contributed by atoms with Crippen molar-refractivity contribution in [1.82, 2.24) is 9.62 Å². The summed E-state index contributed by atoms with van der Waals surface area (Å²) in [6, 6.07) is 23.9. The first-order chi connectivity index (χ1) is 17.9. The molecule has 0 radical (unpaired) electrons. The highest BCUT2D eigenvalue weighted by Crippen LogP contribution is 2.37. The van der Waals surface area contributed by atoms with Gasteiger partial charge in [-0.15, -0.1) is 0 Å². The molecule has 3 aromatic rings. The maximum Gasteiger partial charge on any atom is 0.419 e. The zero-order valence-corrected chi connectivity index (χ0v) is 21.4. The Labute approximate surface area is 220 Å². The van der Waals surface area contributed by atoms with Gasteiger partial charge in [0.25, 0.3) is 0 Å². The molecule has 4 rings (SSSR count). The first-order valence-electron chi connectivity index (χ1n) is 12.5. The summed E-state index contributed by atoms with van der Waals surface area (Å²) >= 11 is 1.27. The molecule has 0 aromatic heterocycles. The number of unbranched alkanes of at least 4 members (excludes halogenated alkanes) is 2. The third kappa shape index (κ3) is 8.27. The van der Waals surface area contributed by atoms with Gasteiger partial charge in [-0.1, -0.05) is 54.6 Å². The quantitative estimate of drug-likeness (QED) is 0.209. The lowest BCUT2D eigenvalue weighted by Gasteiger charge is -2.38. The largest absolute Gasteiger partial charge is 0.493 e. The number of nitrogens with zero attached hydrogens (tertiary/aromatic N) is 1. The normalized spacial score (nSPS) is 14.2. The molecule has 0 unspecified atom stereocenters. The summed E-state index contributed by atoms with van der Waals surface area (Å²) in [5, 5.41) is 0.